The van der Waals surface area contributed by atoms with Crippen molar-refractivity contribution < 1.29 is 14.4 Å². The van der Waals surface area contributed by atoms with Gasteiger partial charge in [-0.15, -0.1) is 11.3 Å². The molecule has 0 aliphatic carbocycles. The van der Waals surface area contributed by atoms with Gasteiger partial charge in [0.1, 0.15) is 0 Å². The SMILES string of the molecule is CC(=O)c1ccc(C)c(NC(=O)CCCC(=O)c2cccs2)c1. The van der Waals surface area contributed by atoms with Crippen molar-refractivity contribution in [2.24, 2.45) is 0 Å². The number of amides is 1. The lowest BCUT2D eigenvalue weighted by molar-refractivity contribution is -0.116. The Morgan fingerprint density at radius 2 is 1.91 bits per heavy atom. The quantitative estimate of drug-likeness (QED) is 0.772. The highest BCUT2D eigenvalue weighted by Gasteiger charge is 2.10. The first-order valence-corrected chi connectivity index (χ1v) is 8.33. The fourth-order valence-electron chi connectivity index (χ4n) is 2.16. The molecule has 0 radical (unpaired) electrons. The first-order valence-electron chi connectivity index (χ1n) is 7.45. The fraction of sp³-hybridized carbons (Fsp3) is 0.278. The van der Waals surface area contributed by atoms with Gasteiger partial charge < -0.3 is 5.32 Å². The number of rotatable bonds is 7. The molecule has 120 valence electrons. The Labute approximate surface area is 139 Å². The molecule has 1 N–H and O–H groups in total. The van der Waals surface area contributed by atoms with Crippen LogP contribution in [-0.4, -0.2) is 17.5 Å². The predicted molar refractivity (Wildman–Crippen MR) is 92.3 cm³/mol. The van der Waals surface area contributed by atoms with Gasteiger partial charge in [0.25, 0.3) is 0 Å². The summed E-state index contributed by atoms with van der Waals surface area (Å²) in [7, 11) is 0. The Hall–Kier alpha value is -2.27. The number of hydrogen-bond donors (Lipinski definition) is 1. The maximum atomic E-state index is 12.0. The van der Waals surface area contributed by atoms with Crippen LogP contribution in [0.25, 0.3) is 0 Å². The molecule has 0 fully saturated rings. The average Bonchev–Trinajstić information content (AvgIpc) is 3.03. The van der Waals surface area contributed by atoms with Gasteiger partial charge in [0.05, 0.1) is 4.88 Å². The number of carbonyl (C=O) groups excluding carboxylic acids is 3. The van der Waals surface area contributed by atoms with Crippen molar-refractivity contribution in [3.8, 4) is 0 Å². The van der Waals surface area contributed by atoms with Crippen LogP contribution in [0.3, 0.4) is 0 Å². The molecule has 2 rings (SSSR count). The largest absolute Gasteiger partial charge is 0.326 e. The lowest BCUT2D eigenvalue weighted by Gasteiger charge is -2.09. The van der Waals surface area contributed by atoms with E-state index in [0.717, 1.165) is 10.4 Å². The molecule has 1 aromatic carbocycles. The summed E-state index contributed by atoms with van der Waals surface area (Å²) < 4.78 is 0. The molecule has 0 bridgehead atoms. The number of ketones is 2. The van der Waals surface area contributed by atoms with Gasteiger partial charge in [0.2, 0.25) is 5.91 Å². The third-order valence-corrected chi connectivity index (χ3v) is 4.43. The van der Waals surface area contributed by atoms with E-state index in [1.807, 2.05) is 24.4 Å². The average molecular weight is 329 g/mol. The van der Waals surface area contributed by atoms with E-state index in [9.17, 15) is 14.4 Å². The maximum absolute atomic E-state index is 12.0. The Morgan fingerprint density at radius 1 is 1.13 bits per heavy atom. The highest BCUT2D eigenvalue weighted by atomic mass is 32.1. The molecule has 2 aromatic rings. The summed E-state index contributed by atoms with van der Waals surface area (Å²) in [6.45, 7) is 3.37. The van der Waals surface area contributed by atoms with E-state index < -0.39 is 0 Å². The predicted octanol–water partition coefficient (Wildman–Crippen LogP) is 4.25. The van der Waals surface area contributed by atoms with E-state index >= 15 is 0 Å². The second kappa shape index (κ2) is 7.83. The Kier molecular flexibility index (Phi) is 5.82. The molecule has 23 heavy (non-hydrogen) atoms. The molecule has 0 atom stereocenters. The van der Waals surface area contributed by atoms with Crippen LogP contribution in [0.1, 0.15) is 51.8 Å². The molecule has 1 aromatic heterocycles. The number of Topliss-reactive ketones (excluding diaryl/α,β-unsaturated/α-hetero) is 2. The van der Waals surface area contributed by atoms with Crippen molar-refractivity contribution in [3.63, 3.8) is 0 Å². The summed E-state index contributed by atoms with van der Waals surface area (Å²) in [5.41, 5.74) is 2.11. The summed E-state index contributed by atoms with van der Waals surface area (Å²) in [6.07, 6.45) is 1.15. The molecule has 1 heterocycles. The third-order valence-electron chi connectivity index (χ3n) is 3.52. The van der Waals surface area contributed by atoms with Crippen LogP contribution in [0.15, 0.2) is 35.7 Å². The van der Waals surface area contributed by atoms with Gasteiger partial charge in [0, 0.05) is 24.1 Å². The van der Waals surface area contributed by atoms with Gasteiger partial charge in [-0.3, -0.25) is 14.4 Å². The van der Waals surface area contributed by atoms with Crippen molar-refractivity contribution in [1.29, 1.82) is 0 Å². The van der Waals surface area contributed by atoms with Crippen molar-refractivity contribution in [1.82, 2.24) is 0 Å². The lowest BCUT2D eigenvalue weighted by Crippen LogP contribution is -2.13. The van der Waals surface area contributed by atoms with E-state index in [0.29, 0.717) is 24.1 Å². The second-order valence-electron chi connectivity index (χ2n) is 5.39. The number of hydrogen-bond acceptors (Lipinski definition) is 4. The van der Waals surface area contributed by atoms with Crippen molar-refractivity contribution in [2.45, 2.75) is 33.1 Å². The Balaban J connectivity index is 1.86. The number of aryl methyl sites for hydroxylation is 1. The molecule has 0 saturated heterocycles. The van der Waals surface area contributed by atoms with E-state index in [1.54, 1.807) is 18.2 Å². The topological polar surface area (TPSA) is 63.2 Å². The molecule has 1 amide bonds. The number of benzene rings is 1. The van der Waals surface area contributed by atoms with Crippen LogP contribution in [0, 0.1) is 6.92 Å². The molecular formula is C18H19NO3S. The third kappa shape index (κ3) is 4.86. The van der Waals surface area contributed by atoms with Gasteiger partial charge in [0.15, 0.2) is 11.6 Å². The van der Waals surface area contributed by atoms with Gasteiger partial charge in [-0.2, -0.15) is 0 Å². The first kappa shape index (κ1) is 17.1. The molecule has 0 aliphatic heterocycles. The molecule has 4 nitrogen and oxygen atoms in total. The minimum absolute atomic E-state index is 0.0398. The molecule has 0 spiro atoms. The minimum Gasteiger partial charge on any atom is -0.326 e. The van der Waals surface area contributed by atoms with Crippen LogP contribution in [0.2, 0.25) is 0 Å². The van der Waals surface area contributed by atoms with E-state index in [4.69, 9.17) is 0 Å². The van der Waals surface area contributed by atoms with Crippen LogP contribution >= 0.6 is 11.3 Å². The standard InChI is InChI=1S/C18H19NO3S/c1-12-8-9-14(13(2)20)11-15(12)19-18(22)7-3-5-16(21)17-6-4-10-23-17/h4,6,8-11H,3,5,7H2,1-2H3,(H,19,22). The molecular weight excluding hydrogens is 310 g/mol. The highest BCUT2D eigenvalue weighted by molar-refractivity contribution is 7.12. The smallest absolute Gasteiger partial charge is 0.224 e. The van der Waals surface area contributed by atoms with Crippen molar-refractivity contribution in [2.75, 3.05) is 5.32 Å². The monoisotopic (exact) mass is 329 g/mol. The zero-order valence-corrected chi connectivity index (χ0v) is 14.0. The number of anilines is 1. The second-order valence-corrected chi connectivity index (χ2v) is 6.34. The van der Waals surface area contributed by atoms with Gasteiger partial charge >= 0.3 is 0 Å². The van der Waals surface area contributed by atoms with Crippen LogP contribution in [0.4, 0.5) is 5.69 Å². The maximum Gasteiger partial charge on any atom is 0.224 e. The Morgan fingerprint density at radius 3 is 2.57 bits per heavy atom. The van der Waals surface area contributed by atoms with E-state index in [1.165, 1.54) is 18.3 Å². The first-order chi connectivity index (χ1) is 11.0. The van der Waals surface area contributed by atoms with E-state index in [2.05, 4.69) is 5.32 Å². The normalized spacial score (nSPS) is 10.3. The zero-order valence-electron chi connectivity index (χ0n) is 13.2. The van der Waals surface area contributed by atoms with Gasteiger partial charge in [-0.1, -0.05) is 18.2 Å². The number of thiophene rings is 1. The minimum atomic E-state index is -0.146. The molecule has 0 aliphatic rings. The van der Waals surface area contributed by atoms with Gasteiger partial charge in [-0.25, -0.2) is 0 Å². The zero-order chi connectivity index (χ0) is 16.8. The molecule has 5 heteroatoms. The number of carbonyl (C=O) groups is 3. The van der Waals surface area contributed by atoms with Crippen LogP contribution < -0.4 is 5.32 Å². The Bertz CT molecular complexity index is 720. The summed E-state index contributed by atoms with van der Waals surface area (Å²) in [5.74, 6) is -0.114. The molecule has 0 saturated carbocycles. The van der Waals surface area contributed by atoms with Crippen molar-refractivity contribution in [3.05, 3.63) is 51.7 Å². The molecule has 0 unspecified atom stereocenters. The fourth-order valence-corrected chi connectivity index (χ4v) is 2.85. The summed E-state index contributed by atoms with van der Waals surface area (Å²) in [4.78, 5) is 36.0. The summed E-state index contributed by atoms with van der Waals surface area (Å²) >= 11 is 1.42. The van der Waals surface area contributed by atoms with E-state index in [-0.39, 0.29) is 23.9 Å². The highest BCUT2D eigenvalue weighted by Crippen LogP contribution is 2.18. The lowest BCUT2D eigenvalue weighted by atomic mass is 10.1. The van der Waals surface area contributed by atoms with Gasteiger partial charge in [-0.05, 0) is 43.3 Å². The van der Waals surface area contributed by atoms with Crippen LogP contribution in [-0.2, 0) is 4.79 Å². The summed E-state index contributed by atoms with van der Waals surface area (Å²) in [5, 5.41) is 4.68. The van der Waals surface area contributed by atoms with Crippen molar-refractivity contribution >= 4 is 34.5 Å². The summed E-state index contributed by atoms with van der Waals surface area (Å²) in [6, 6.07) is 8.88. The van der Waals surface area contributed by atoms with Crippen LogP contribution in [0.5, 0.6) is 0 Å². The number of nitrogens with one attached hydrogen (secondary N) is 1.